The molecule has 2 saturated heterocycles. The number of nitrogens with zero attached hydrogens (tertiary/aromatic N) is 3. The highest BCUT2D eigenvalue weighted by atomic mass is 16.7. The third-order valence-electron chi connectivity index (χ3n) is 10.9. The van der Waals surface area contributed by atoms with Crippen molar-refractivity contribution < 1.29 is 28.6 Å². The number of benzene rings is 1. The molecule has 2 aliphatic heterocycles. The molecular weight excluding hydrogens is 607 g/mol. The van der Waals surface area contributed by atoms with Crippen LogP contribution in [0.5, 0.6) is 0 Å². The maximum atomic E-state index is 9.60. The number of ether oxygens (including phenoxy) is 3. The van der Waals surface area contributed by atoms with Crippen molar-refractivity contribution in [3.05, 3.63) is 41.7 Å². The van der Waals surface area contributed by atoms with Crippen LogP contribution in [-0.4, -0.2) is 92.4 Å². The molecule has 0 bridgehead atoms. The molecule has 0 spiro atoms. The van der Waals surface area contributed by atoms with E-state index < -0.39 is 18.3 Å². The van der Waals surface area contributed by atoms with Crippen molar-refractivity contribution in [1.29, 1.82) is 0 Å². The van der Waals surface area contributed by atoms with E-state index in [-0.39, 0.29) is 24.4 Å². The van der Waals surface area contributed by atoms with Crippen LogP contribution in [0.15, 0.2) is 30.5 Å². The second-order valence-electron chi connectivity index (χ2n) is 15.2. The Morgan fingerprint density at radius 1 is 1.04 bits per heavy atom. The molecule has 3 aromatic rings. The van der Waals surface area contributed by atoms with Crippen molar-refractivity contribution in [3.63, 3.8) is 0 Å². The molecule has 10 nitrogen and oxygen atoms in total. The minimum absolute atomic E-state index is 0.0397. The number of aliphatic hydroxyl groups is 1. The summed E-state index contributed by atoms with van der Waals surface area (Å²) in [4.78, 5) is 7.52. The first kappa shape index (κ1) is 35.3. The SMILES string of the molecule is CO[C@@H](C)c1ncc(N2CCNCC2)cc1-c1c(CC2(COCO)CC2)c2cc(B3OC(C)(C)C(C)(C)O3)ccc2n1CCOC(C)C. The summed E-state index contributed by atoms with van der Waals surface area (Å²) in [6.07, 6.45) is 4.82. The molecule has 1 saturated carbocycles. The predicted molar refractivity (Wildman–Crippen MR) is 191 cm³/mol. The van der Waals surface area contributed by atoms with Crippen LogP contribution >= 0.6 is 0 Å². The summed E-state index contributed by atoms with van der Waals surface area (Å²) in [5.41, 5.74) is 6.70. The third-order valence-corrected chi connectivity index (χ3v) is 10.9. The maximum Gasteiger partial charge on any atom is 0.494 e. The van der Waals surface area contributed by atoms with E-state index in [0.29, 0.717) is 19.8 Å². The van der Waals surface area contributed by atoms with E-state index in [1.165, 1.54) is 10.9 Å². The number of hydrogen-bond acceptors (Lipinski definition) is 9. The summed E-state index contributed by atoms with van der Waals surface area (Å²) in [6, 6.07) is 8.95. The fourth-order valence-electron chi connectivity index (χ4n) is 7.04. The number of nitrogens with one attached hydrogen (secondary N) is 1. The summed E-state index contributed by atoms with van der Waals surface area (Å²) in [6.45, 7) is 19.8. The summed E-state index contributed by atoms with van der Waals surface area (Å²) >= 11 is 0. The average Bonchev–Trinajstić information content (AvgIpc) is 3.71. The van der Waals surface area contributed by atoms with E-state index in [1.807, 2.05) is 6.20 Å². The van der Waals surface area contributed by atoms with Gasteiger partial charge in [0.25, 0.3) is 0 Å². The fraction of sp³-hybridized carbons (Fsp3) is 0.649. The van der Waals surface area contributed by atoms with E-state index in [0.717, 1.165) is 79.1 Å². The molecule has 4 heterocycles. The number of aromatic nitrogens is 2. The van der Waals surface area contributed by atoms with Crippen LogP contribution in [0.25, 0.3) is 22.2 Å². The monoisotopic (exact) mass is 662 g/mol. The van der Waals surface area contributed by atoms with Crippen molar-refractivity contribution in [3.8, 4) is 11.3 Å². The van der Waals surface area contributed by atoms with Gasteiger partial charge in [0.1, 0.15) is 6.79 Å². The minimum atomic E-state index is -0.474. The molecule has 1 aliphatic carbocycles. The molecule has 11 heteroatoms. The third kappa shape index (κ3) is 7.06. The number of hydrogen-bond donors (Lipinski definition) is 2. The standard InChI is InChI=1S/C37H55BN4O6/c1-25(2)46-18-17-42-32-10-9-27(38-47-35(4,5)36(6,7)48-38)19-29(32)31(21-37(11-12-37)23-45-24-43)34(42)30-20-28(41-15-13-39-14-16-41)22-40-33(30)26(3)44-8/h9-10,19-20,22,25-26,39,43H,11-18,21,23-24H2,1-8H3/t26-/m0/s1. The van der Waals surface area contributed by atoms with Gasteiger partial charge >= 0.3 is 7.12 Å². The summed E-state index contributed by atoms with van der Waals surface area (Å²) in [5.74, 6) is 0. The molecular formula is C37H55BN4O6. The molecule has 0 amide bonds. The number of pyridine rings is 1. The van der Waals surface area contributed by atoms with Crippen molar-refractivity contribution in [2.45, 2.75) is 97.7 Å². The van der Waals surface area contributed by atoms with Gasteiger partial charge in [-0.05, 0) is 96.3 Å². The highest BCUT2D eigenvalue weighted by Crippen LogP contribution is 2.52. The largest absolute Gasteiger partial charge is 0.494 e. The van der Waals surface area contributed by atoms with E-state index in [4.69, 9.17) is 28.5 Å². The normalized spacial score (nSPS) is 20.6. The Morgan fingerprint density at radius 3 is 2.38 bits per heavy atom. The van der Waals surface area contributed by atoms with E-state index in [1.54, 1.807) is 7.11 Å². The van der Waals surface area contributed by atoms with Crippen LogP contribution in [-0.2, 0) is 36.5 Å². The zero-order valence-electron chi connectivity index (χ0n) is 30.2. The summed E-state index contributed by atoms with van der Waals surface area (Å²) < 4.78 is 33.3. The van der Waals surface area contributed by atoms with Gasteiger partial charge in [-0.2, -0.15) is 0 Å². The van der Waals surface area contributed by atoms with Gasteiger partial charge in [0, 0.05) is 56.3 Å². The topological polar surface area (TPSA) is 99.5 Å². The first-order valence-electron chi connectivity index (χ1n) is 17.7. The van der Waals surface area contributed by atoms with Crippen LogP contribution < -0.4 is 15.7 Å². The van der Waals surface area contributed by atoms with Gasteiger partial charge < -0.3 is 43.4 Å². The smallest absolute Gasteiger partial charge is 0.399 e. The Hall–Kier alpha value is -2.51. The maximum absolute atomic E-state index is 9.60. The van der Waals surface area contributed by atoms with Gasteiger partial charge in [0.05, 0.1) is 59.9 Å². The van der Waals surface area contributed by atoms with Gasteiger partial charge in [0.15, 0.2) is 0 Å². The Kier molecular flexibility index (Phi) is 10.3. The first-order valence-corrected chi connectivity index (χ1v) is 17.7. The molecule has 262 valence electrons. The lowest BCUT2D eigenvalue weighted by atomic mass is 9.78. The average molecular weight is 663 g/mol. The quantitative estimate of drug-likeness (QED) is 0.186. The van der Waals surface area contributed by atoms with Crippen LogP contribution in [0, 0.1) is 5.41 Å². The predicted octanol–water partition coefficient (Wildman–Crippen LogP) is 4.83. The van der Waals surface area contributed by atoms with Gasteiger partial charge in [0.2, 0.25) is 0 Å². The zero-order valence-corrected chi connectivity index (χ0v) is 30.2. The molecule has 3 aliphatic rings. The van der Waals surface area contributed by atoms with Gasteiger partial charge in [-0.1, -0.05) is 12.1 Å². The molecule has 6 rings (SSSR count). The Balaban J connectivity index is 1.58. The lowest BCUT2D eigenvalue weighted by Gasteiger charge is -2.32. The Bertz CT molecular complexity index is 1560. The molecule has 48 heavy (non-hydrogen) atoms. The Morgan fingerprint density at radius 2 is 1.75 bits per heavy atom. The lowest BCUT2D eigenvalue weighted by molar-refractivity contribution is -0.0223. The van der Waals surface area contributed by atoms with Crippen molar-refractivity contribution in [2.24, 2.45) is 5.41 Å². The number of anilines is 1. The first-order chi connectivity index (χ1) is 22.9. The van der Waals surface area contributed by atoms with E-state index in [2.05, 4.69) is 87.5 Å². The zero-order chi connectivity index (χ0) is 34.3. The van der Waals surface area contributed by atoms with Gasteiger partial charge in [-0.15, -0.1) is 0 Å². The molecule has 1 aromatic carbocycles. The highest BCUT2D eigenvalue weighted by Gasteiger charge is 2.52. The van der Waals surface area contributed by atoms with Crippen LogP contribution in [0.4, 0.5) is 5.69 Å². The van der Waals surface area contributed by atoms with Crippen LogP contribution in [0.2, 0.25) is 0 Å². The van der Waals surface area contributed by atoms with Crippen LogP contribution in [0.3, 0.4) is 0 Å². The Labute approximate surface area is 286 Å². The second kappa shape index (κ2) is 14.0. The summed E-state index contributed by atoms with van der Waals surface area (Å²) in [5, 5.41) is 14.2. The van der Waals surface area contributed by atoms with E-state index in [9.17, 15) is 5.11 Å². The lowest BCUT2D eigenvalue weighted by Crippen LogP contribution is -2.43. The second-order valence-corrected chi connectivity index (χ2v) is 15.2. The van der Waals surface area contributed by atoms with Crippen molar-refractivity contribution in [2.75, 3.05) is 58.2 Å². The highest BCUT2D eigenvalue weighted by molar-refractivity contribution is 6.62. The van der Waals surface area contributed by atoms with Crippen molar-refractivity contribution in [1.82, 2.24) is 14.9 Å². The van der Waals surface area contributed by atoms with Crippen LogP contribution in [0.1, 0.15) is 78.7 Å². The number of rotatable bonds is 14. The van der Waals surface area contributed by atoms with Gasteiger partial charge in [-0.25, -0.2) is 0 Å². The molecule has 1 atom stereocenters. The minimum Gasteiger partial charge on any atom is -0.399 e. The molecule has 0 unspecified atom stereocenters. The fourth-order valence-corrected chi connectivity index (χ4v) is 7.04. The number of piperazine rings is 1. The van der Waals surface area contributed by atoms with Crippen molar-refractivity contribution >= 4 is 29.2 Å². The van der Waals surface area contributed by atoms with E-state index >= 15 is 0 Å². The molecule has 2 aromatic heterocycles. The van der Waals surface area contributed by atoms with Gasteiger partial charge in [-0.3, -0.25) is 4.98 Å². The molecule has 3 fully saturated rings. The molecule has 0 radical (unpaired) electrons. The number of fused-ring (bicyclic) bond motifs is 1. The summed E-state index contributed by atoms with van der Waals surface area (Å²) in [7, 11) is 1.27. The number of methoxy groups -OCH3 is 1. The molecule has 2 N–H and O–H groups in total. The number of aliphatic hydroxyl groups excluding tert-OH is 1.